The molecule has 0 aromatic heterocycles. The maximum Gasteiger partial charge on any atom is 0.241 e. The largest absolute Gasteiger partial charge is 0.492 e. The highest BCUT2D eigenvalue weighted by Gasteiger charge is 2.21. The molecule has 0 atom stereocenters. The normalized spacial score (nSPS) is 14.1. The Hall–Kier alpha value is -0.780. The summed E-state index contributed by atoms with van der Waals surface area (Å²) in [7, 11) is -3.65. The second kappa shape index (κ2) is 3.76. The smallest absolute Gasteiger partial charge is 0.241 e. The van der Waals surface area contributed by atoms with Crippen LogP contribution in [0.15, 0.2) is 23.1 Å². The molecule has 14 heavy (non-hydrogen) atoms. The van der Waals surface area contributed by atoms with E-state index in [2.05, 4.69) is 0 Å². The first-order chi connectivity index (χ1) is 6.09. The fraction of sp³-hybridized carbons (Fsp3) is 0.250. The van der Waals surface area contributed by atoms with Gasteiger partial charge < -0.3 is 4.74 Å². The Morgan fingerprint density at radius 3 is 2.71 bits per heavy atom. The number of rotatable bonds is 1. The first-order valence-electron chi connectivity index (χ1n) is 3.86. The quantitative estimate of drug-likeness (QED) is 0.779. The van der Waals surface area contributed by atoms with Crippen molar-refractivity contribution in [2.75, 3.05) is 6.61 Å². The van der Waals surface area contributed by atoms with Crippen LogP contribution < -0.4 is 9.88 Å². The number of hydrogen-bond acceptors (Lipinski definition) is 3. The molecule has 0 fully saturated rings. The molecular weight excluding hydrogens is 226 g/mol. The van der Waals surface area contributed by atoms with Crippen LogP contribution in [0.5, 0.6) is 5.75 Å². The molecule has 0 saturated carbocycles. The van der Waals surface area contributed by atoms with E-state index in [0.717, 1.165) is 12.0 Å². The molecule has 1 aliphatic heterocycles. The molecule has 78 valence electrons. The van der Waals surface area contributed by atoms with E-state index in [-0.39, 0.29) is 17.3 Å². The lowest BCUT2D eigenvalue weighted by Gasteiger charge is -2.04. The summed E-state index contributed by atoms with van der Waals surface area (Å²) in [6, 6.07) is 4.98. The van der Waals surface area contributed by atoms with E-state index in [1.165, 1.54) is 6.07 Å². The van der Waals surface area contributed by atoms with Crippen LogP contribution in [0.3, 0.4) is 0 Å². The fourth-order valence-electron chi connectivity index (χ4n) is 1.41. The monoisotopic (exact) mass is 235 g/mol. The summed E-state index contributed by atoms with van der Waals surface area (Å²) in [5.41, 5.74) is 0.909. The second-order valence-electron chi connectivity index (χ2n) is 2.89. The van der Waals surface area contributed by atoms with Crippen LogP contribution in [0.25, 0.3) is 0 Å². The van der Waals surface area contributed by atoms with Crippen molar-refractivity contribution < 1.29 is 13.2 Å². The molecule has 0 unspecified atom stereocenters. The molecule has 1 aromatic rings. The summed E-state index contributed by atoms with van der Waals surface area (Å²) >= 11 is 0. The average molecular weight is 236 g/mol. The molecule has 0 amide bonds. The van der Waals surface area contributed by atoms with Crippen LogP contribution >= 0.6 is 12.4 Å². The highest BCUT2D eigenvalue weighted by molar-refractivity contribution is 7.89. The van der Waals surface area contributed by atoms with E-state index in [1.54, 1.807) is 6.07 Å². The lowest BCUT2D eigenvalue weighted by Crippen LogP contribution is -2.13. The molecule has 0 bridgehead atoms. The molecule has 4 nitrogen and oxygen atoms in total. The number of benzene rings is 1. The van der Waals surface area contributed by atoms with Crippen LogP contribution in [0.2, 0.25) is 0 Å². The molecule has 0 saturated heterocycles. The highest BCUT2D eigenvalue weighted by Crippen LogP contribution is 2.31. The van der Waals surface area contributed by atoms with Crippen LogP contribution in [-0.2, 0) is 16.4 Å². The Balaban J connectivity index is 0.000000980. The van der Waals surface area contributed by atoms with Crippen molar-refractivity contribution >= 4 is 22.4 Å². The standard InChI is InChI=1S/C8H9NO3S.ClH/c9-13(10,11)7-3-1-2-6-4-5-12-8(6)7;/h1-3H,4-5H2,(H2,9,10,11);1H. The maximum atomic E-state index is 11.1. The summed E-state index contributed by atoms with van der Waals surface area (Å²) in [5, 5.41) is 5.02. The van der Waals surface area contributed by atoms with E-state index in [9.17, 15) is 8.42 Å². The average Bonchev–Trinajstić information content (AvgIpc) is 2.48. The van der Waals surface area contributed by atoms with Crippen LogP contribution in [-0.4, -0.2) is 15.0 Å². The number of para-hydroxylation sites is 1. The highest BCUT2D eigenvalue weighted by atomic mass is 35.5. The molecule has 0 spiro atoms. The van der Waals surface area contributed by atoms with Crippen molar-refractivity contribution in [1.82, 2.24) is 0 Å². The summed E-state index contributed by atoms with van der Waals surface area (Å²) in [6.07, 6.45) is 0.749. The molecule has 1 heterocycles. The summed E-state index contributed by atoms with van der Waals surface area (Å²) < 4.78 is 27.4. The van der Waals surface area contributed by atoms with E-state index < -0.39 is 10.0 Å². The van der Waals surface area contributed by atoms with E-state index >= 15 is 0 Å². The zero-order chi connectivity index (χ0) is 9.47. The third-order valence-corrected chi connectivity index (χ3v) is 2.92. The van der Waals surface area contributed by atoms with Gasteiger partial charge in [0.25, 0.3) is 0 Å². The predicted octanol–water partition coefficient (Wildman–Crippen LogP) is 0.691. The van der Waals surface area contributed by atoms with Gasteiger partial charge in [-0.1, -0.05) is 12.1 Å². The van der Waals surface area contributed by atoms with Gasteiger partial charge in [-0.15, -0.1) is 12.4 Å². The third-order valence-electron chi connectivity index (χ3n) is 1.98. The number of halogens is 1. The Labute approximate surface area is 88.5 Å². The minimum atomic E-state index is -3.65. The molecule has 6 heteroatoms. The summed E-state index contributed by atoms with van der Waals surface area (Å²) in [5.74, 6) is 0.421. The van der Waals surface area contributed by atoms with Gasteiger partial charge in [0.2, 0.25) is 10.0 Å². The number of sulfonamides is 1. The first-order valence-corrected chi connectivity index (χ1v) is 5.41. The van der Waals surface area contributed by atoms with Gasteiger partial charge in [-0.2, -0.15) is 0 Å². The topological polar surface area (TPSA) is 69.4 Å². The van der Waals surface area contributed by atoms with E-state index in [1.807, 2.05) is 6.07 Å². The van der Waals surface area contributed by atoms with Crippen LogP contribution in [0.1, 0.15) is 5.56 Å². The number of hydrogen-bond donors (Lipinski definition) is 1. The first kappa shape index (κ1) is 11.3. The number of primary sulfonamides is 1. The Bertz CT molecular complexity index is 444. The van der Waals surface area contributed by atoms with Gasteiger partial charge in [0.15, 0.2) is 0 Å². The summed E-state index contributed by atoms with van der Waals surface area (Å²) in [6.45, 7) is 0.530. The molecule has 1 aromatic carbocycles. The van der Waals surface area contributed by atoms with Crippen molar-refractivity contribution in [3.05, 3.63) is 23.8 Å². The minimum absolute atomic E-state index is 0. The zero-order valence-corrected chi connectivity index (χ0v) is 8.90. The van der Waals surface area contributed by atoms with Crippen molar-refractivity contribution in [1.29, 1.82) is 0 Å². The maximum absolute atomic E-state index is 11.1. The number of fused-ring (bicyclic) bond motifs is 1. The molecular formula is C8H10ClNO3S. The van der Waals surface area contributed by atoms with Crippen molar-refractivity contribution in [3.8, 4) is 5.75 Å². The molecule has 0 radical (unpaired) electrons. The Kier molecular flexibility index (Phi) is 3.04. The SMILES string of the molecule is Cl.NS(=O)(=O)c1cccc2c1OCC2. The van der Waals surface area contributed by atoms with Gasteiger partial charge in [-0.25, -0.2) is 13.6 Å². The van der Waals surface area contributed by atoms with Gasteiger partial charge in [-0.3, -0.25) is 0 Å². The molecule has 0 aliphatic carbocycles. The zero-order valence-electron chi connectivity index (χ0n) is 7.26. The van der Waals surface area contributed by atoms with Gasteiger partial charge >= 0.3 is 0 Å². The number of ether oxygens (including phenoxy) is 1. The second-order valence-corrected chi connectivity index (χ2v) is 4.42. The van der Waals surface area contributed by atoms with Crippen molar-refractivity contribution in [2.24, 2.45) is 5.14 Å². The Morgan fingerprint density at radius 2 is 2.07 bits per heavy atom. The molecule has 2 N–H and O–H groups in total. The lowest BCUT2D eigenvalue weighted by atomic mass is 10.2. The minimum Gasteiger partial charge on any atom is -0.492 e. The fourth-order valence-corrected chi connectivity index (χ4v) is 2.13. The Morgan fingerprint density at radius 1 is 1.36 bits per heavy atom. The molecule has 1 aliphatic rings. The van der Waals surface area contributed by atoms with E-state index in [0.29, 0.717) is 12.4 Å². The third kappa shape index (κ3) is 1.84. The van der Waals surface area contributed by atoms with Gasteiger partial charge in [0.1, 0.15) is 10.6 Å². The van der Waals surface area contributed by atoms with Gasteiger partial charge in [0.05, 0.1) is 6.61 Å². The van der Waals surface area contributed by atoms with Crippen molar-refractivity contribution in [3.63, 3.8) is 0 Å². The van der Waals surface area contributed by atoms with Crippen LogP contribution in [0, 0.1) is 0 Å². The lowest BCUT2D eigenvalue weighted by molar-refractivity contribution is 0.348. The number of nitrogens with two attached hydrogens (primary N) is 1. The van der Waals surface area contributed by atoms with Gasteiger partial charge in [-0.05, 0) is 11.6 Å². The molecule has 2 rings (SSSR count). The van der Waals surface area contributed by atoms with Gasteiger partial charge in [0, 0.05) is 6.42 Å². The summed E-state index contributed by atoms with van der Waals surface area (Å²) in [4.78, 5) is 0.0856. The van der Waals surface area contributed by atoms with Crippen LogP contribution in [0.4, 0.5) is 0 Å². The predicted molar refractivity (Wildman–Crippen MR) is 54.3 cm³/mol. The van der Waals surface area contributed by atoms with Crippen molar-refractivity contribution in [2.45, 2.75) is 11.3 Å². The van der Waals surface area contributed by atoms with E-state index in [4.69, 9.17) is 9.88 Å².